The van der Waals surface area contributed by atoms with Crippen LogP contribution in [0.5, 0.6) is 0 Å². The quantitative estimate of drug-likeness (QED) is 0.498. The lowest BCUT2D eigenvalue weighted by atomic mass is 9.54. The molecule has 0 bridgehead atoms. The van der Waals surface area contributed by atoms with Crippen LogP contribution < -0.4 is 5.32 Å². The summed E-state index contributed by atoms with van der Waals surface area (Å²) >= 11 is 0. The maximum atomic E-state index is 14.5. The molecule has 3 aliphatic carbocycles. The molecule has 1 heterocycles. The molecule has 35 heavy (non-hydrogen) atoms. The number of carbonyl (C=O) groups is 2. The van der Waals surface area contributed by atoms with Gasteiger partial charge in [0, 0.05) is 24.5 Å². The second-order valence-electron chi connectivity index (χ2n) is 11.6. The molecule has 3 aliphatic rings. The number of ketones is 1. The Labute approximate surface area is 208 Å². The third kappa shape index (κ3) is 4.43. The Morgan fingerprint density at radius 3 is 2.80 bits per heavy atom. The van der Waals surface area contributed by atoms with Crippen LogP contribution in [0, 0.1) is 29.0 Å². The molecule has 5 rings (SSSR count). The van der Waals surface area contributed by atoms with Gasteiger partial charge in [-0.1, -0.05) is 39.0 Å². The number of hydrogen-bond donors (Lipinski definition) is 1. The van der Waals surface area contributed by atoms with Gasteiger partial charge < -0.3 is 5.32 Å². The first-order valence-corrected chi connectivity index (χ1v) is 13.3. The number of rotatable bonds is 6. The number of nitrogens with one attached hydrogen (secondary N) is 1. The number of carbonyl (C=O) groups excluding carboxylic acids is 2. The van der Waals surface area contributed by atoms with Gasteiger partial charge in [-0.15, -0.1) is 0 Å². The maximum absolute atomic E-state index is 14.5. The molecule has 0 aliphatic heterocycles. The van der Waals surface area contributed by atoms with Gasteiger partial charge in [-0.25, -0.2) is 9.37 Å². The number of aromatic nitrogens is 1. The zero-order valence-electron chi connectivity index (χ0n) is 21.1. The monoisotopic (exact) mass is 476 g/mol. The van der Waals surface area contributed by atoms with Gasteiger partial charge in [-0.3, -0.25) is 9.59 Å². The van der Waals surface area contributed by atoms with Crippen molar-refractivity contribution in [2.45, 2.75) is 84.0 Å². The molecule has 2 saturated carbocycles. The van der Waals surface area contributed by atoms with Crippen LogP contribution >= 0.6 is 0 Å². The van der Waals surface area contributed by atoms with E-state index in [1.165, 1.54) is 5.56 Å². The smallest absolute Gasteiger partial charge is 0.225 e. The molecule has 0 spiro atoms. The number of amides is 1. The molecule has 1 aromatic carbocycles. The minimum Gasteiger partial charge on any atom is -0.311 e. The van der Waals surface area contributed by atoms with Gasteiger partial charge in [-0.2, -0.15) is 0 Å². The fourth-order valence-corrected chi connectivity index (χ4v) is 7.45. The normalized spacial score (nSPS) is 29.5. The average Bonchev–Trinajstić information content (AvgIpc) is 3.09. The van der Waals surface area contributed by atoms with E-state index in [0.29, 0.717) is 54.0 Å². The predicted molar refractivity (Wildman–Crippen MR) is 136 cm³/mol. The fourth-order valence-electron chi connectivity index (χ4n) is 7.45. The van der Waals surface area contributed by atoms with E-state index in [1.54, 1.807) is 6.07 Å². The van der Waals surface area contributed by atoms with Gasteiger partial charge >= 0.3 is 0 Å². The molecule has 0 saturated heterocycles. The molecule has 2 aromatic rings. The van der Waals surface area contributed by atoms with Crippen molar-refractivity contribution in [3.8, 4) is 0 Å². The van der Waals surface area contributed by atoms with E-state index in [-0.39, 0.29) is 17.1 Å². The third-order valence-electron chi connectivity index (χ3n) is 9.26. The van der Waals surface area contributed by atoms with Crippen molar-refractivity contribution in [2.24, 2.45) is 23.2 Å². The Morgan fingerprint density at radius 1 is 1.23 bits per heavy atom. The summed E-state index contributed by atoms with van der Waals surface area (Å²) in [7, 11) is 0. The summed E-state index contributed by atoms with van der Waals surface area (Å²) in [5.74, 6) is 2.72. The average molecular weight is 477 g/mol. The highest BCUT2D eigenvalue weighted by Crippen LogP contribution is 2.62. The molecule has 2 fully saturated rings. The van der Waals surface area contributed by atoms with Crippen molar-refractivity contribution in [2.75, 3.05) is 5.32 Å². The number of halogens is 1. The van der Waals surface area contributed by atoms with Crippen LogP contribution in [0.15, 0.2) is 36.5 Å². The van der Waals surface area contributed by atoms with Crippen LogP contribution in [0.3, 0.4) is 0 Å². The minimum absolute atomic E-state index is 0.0227. The molecule has 0 radical (unpaired) electrons. The first kappa shape index (κ1) is 24.1. The number of nitrogens with zero attached hydrogens (tertiary/aromatic N) is 1. The van der Waals surface area contributed by atoms with Crippen molar-refractivity contribution >= 4 is 17.5 Å². The van der Waals surface area contributed by atoms with Crippen molar-refractivity contribution in [1.82, 2.24) is 4.98 Å². The van der Waals surface area contributed by atoms with Gasteiger partial charge in [0.05, 0.1) is 0 Å². The Bertz CT molecular complexity index is 1110. The van der Waals surface area contributed by atoms with Crippen LogP contribution in [-0.2, 0) is 16.0 Å². The minimum atomic E-state index is -0.263. The van der Waals surface area contributed by atoms with Crippen molar-refractivity contribution in [3.05, 3.63) is 59.0 Å². The molecule has 5 heteroatoms. The van der Waals surface area contributed by atoms with Crippen LogP contribution in [0.25, 0.3) is 0 Å². The highest BCUT2D eigenvalue weighted by atomic mass is 19.1. The van der Waals surface area contributed by atoms with E-state index >= 15 is 0 Å². The Hall–Kier alpha value is -2.56. The predicted octanol–water partition coefficient (Wildman–Crippen LogP) is 6.80. The Kier molecular flexibility index (Phi) is 6.54. The maximum Gasteiger partial charge on any atom is 0.225 e. The molecule has 186 valence electrons. The Balaban J connectivity index is 1.23. The molecule has 5 atom stereocenters. The summed E-state index contributed by atoms with van der Waals surface area (Å²) in [4.78, 5) is 30.1. The van der Waals surface area contributed by atoms with Crippen LogP contribution in [0.1, 0.15) is 94.2 Å². The number of anilines is 1. The number of Topliss-reactive ketones (excluding diaryl/α,β-unsaturated/α-hetero) is 1. The van der Waals surface area contributed by atoms with Gasteiger partial charge in [-0.05, 0) is 96.9 Å². The largest absolute Gasteiger partial charge is 0.311 e. The number of hydrogen-bond acceptors (Lipinski definition) is 3. The van der Waals surface area contributed by atoms with E-state index in [9.17, 15) is 14.0 Å². The van der Waals surface area contributed by atoms with E-state index < -0.39 is 0 Å². The highest BCUT2D eigenvalue weighted by molar-refractivity contribution is 5.90. The molecule has 3 unspecified atom stereocenters. The van der Waals surface area contributed by atoms with E-state index in [1.807, 2.05) is 24.4 Å². The lowest BCUT2D eigenvalue weighted by molar-refractivity contribution is -0.129. The van der Waals surface area contributed by atoms with Crippen molar-refractivity contribution < 1.29 is 14.0 Å². The van der Waals surface area contributed by atoms with Gasteiger partial charge in [0.25, 0.3) is 0 Å². The Morgan fingerprint density at radius 2 is 2.06 bits per heavy atom. The first-order chi connectivity index (χ1) is 16.8. The molecular formula is C30H37FN2O2. The second kappa shape index (κ2) is 9.48. The topological polar surface area (TPSA) is 59.1 Å². The van der Waals surface area contributed by atoms with E-state index in [4.69, 9.17) is 0 Å². The lowest BCUT2D eigenvalue weighted by Crippen LogP contribution is -2.44. The molecule has 1 N–H and O–H groups in total. The zero-order valence-corrected chi connectivity index (χ0v) is 21.1. The zero-order chi connectivity index (χ0) is 24.7. The van der Waals surface area contributed by atoms with Crippen LogP contribution in [-0.4, -0.2) is 16.7 Å². The summed E-state index contributed by atoms with van der Waals surface area (Å²) < 4.78 is 14.5. The molecular weight excluding hydrogens is 439 g/mol. The van der Waals surface area contributed by atoms with Crippen molar-refractivity contribution in [1.29, 1.82) is 0 Å². The SMILES string of the molecule is CC(C)c1ccc(NC(=O)CCC[C@@H]2CC(=O)[C@@]3(C)CCC4c5cccc(F)c5CCC4C23)nc1. The highest BCUT2D eigenvalue weighted by Gasteiger charge is 2.58. The van der Waals surface area contributed by atoms with Crippen molar-refractivity contribution in [3.63, 3.8) is 0 Å². The van der Waals surface area contributed by atoms with Gasteiger partial charge in [0.15, 0.2) is 0 Å². The molecule has 1 amide bonds. The summed E-state index contributed by atoms with van der Waals surface area (Å²) in [6, 6.07) is 9.39. The van der Waals surface area contributed by atoms with Crippen LogP contribution in [0.4, 0.5) is 10.2 Å². The van der Waals surface area contributed by atoms with Gasteiger partial charge in [0.2, 0.25) is 5.91 Å². The summed E-state index contributed by atoms with van der Waals surface area (Å²) in [5, 5.41) is 2.92. The van der Waals surface area contributed by atoms with E-state index in [0.717, 1.165) is 49.7 Å². The third-order valence-corrected chi connectivity index (χ3v) is 9.26. The summed E-state index contributed by atoms with van der Waals surface area (Å²) in [6.07, 6.45) is 8.12. The van der Waals surface area contributed by atoms with Crippen LogP contribution in [0.2, 0.25) is 0 Å². The lowest BCUT2D eigenvalue weighted by Gasteiger charge is -2.50. The van der Waals surface area contributed by atoms with E-state index in [2.05, 4.69) is 37.1 Å². The summed E-state index contributed by atoms with van der Waals surface area (Å²) in [6.45, 7) is 6.41. The molecule has 4 nitrogen and oxygen atoms in total. The number of benzene rings is 1. The number of pyridine rings is 1. The standard InChI is InChI=1S/C30H37FN2O2/c1-18(2)20-10-13-27(32-17-20)33-28(35)9-4-6-19-16-26(34)30(3)15-14-22-21-7-5-8-25(31)23(21)11-12-24(22)29(19)30/h5,7-8,10,13,17-19,22,24,29H,4,6,9,11-12,14-16H2,1-3H3,(H,32,33,35)/t19-,22?,24?,29?,30-/m1/s1. The summed E-state index contributed by atoms with van der Waals surface area (Å²) in [5.41, 5.74) is 2.96. The van der Waals surface area contributed by atoms with Gasteiger partial charge in [0.1, 0.15) is 17.4 Å². The second-order valence-corrected chi connectivity index (χ2v) is 11.6. The number of fused-ring (bicyclic) bond motifs is 5. The first-order valence-electron chi connectivity index (χ1n) is 13.3. The fraction of sp³-hybridized carbons (Fsp3) is 0.567. The molecule has 1 aromatic heterocycles.